The number of hydrogen-bond acceptors (Lipinski definition) is 3. The molecule has 0 radical (unpaired) electrons. The van der Waals surface area contributed by atoms with Crippen LogP contribution in [0.2, 0.25) is 0 Å². The molecule has 8 rings (SSSR count). The van der Waals surface area contributed by atoms with Gasteiger partial charge in [0.1, 0.15) is 0 Å². The lowest BCUT2D eigenvalue weighted by molar-refractivity contribution is -0.194. The molecule has 0 aliphatic heterocycles. The number of halogens is 1. The van der Waals surface area contributed by atoms with Gasteiger partial charge in [0.15, 0.2) is 0 Å². The van der Waals surface area contributed by atoms with Crippen molar-refractivity contribution in [1.82, 2.24) is 10.6 Å². The number of amides is 2. The average Bonchev–Trinajstić information content (AvgIpc) is 2.51. The van der Waals surface area contributed by atoms with Crippen molar-refractivity contribution in [1.29, 1.82) is 0 Å². The van der Waals surface area contributed by atoms with Crippen LogP contribution in [0.15, 0.2) is 0 Å². The van der Waals surface area contributed by atoms with E-state index in [0.717, 1.165) is 38.5 Å². The fraction of sp³-hybridized carbons (Fsp3) is 0.900. The summed E-state index contributed by atoms with van der Waals surface area (Å²) in [6.45, 7) is 12.4. The first kappa shape index (κ1) is 28.9. The molecule has 0 spiro atoms. The van der Waals surface area contributed by atoms with Crippen molar-refractivity contribution < 1.29 is 19.5 Å². The fourth-order valence-electron chi connectivity index (χ4n) is 12.5. The summed E-state index contributed by atoms with van der Waals surface area (Å²) in [4.78, 5) is 34.9. The molecule has 0 heterocycles. The third-order valence-electron chi connectivity index (χ3n) is 10.5. The van der Waals surface area contributed by atoms with Crippen LogP contribution >= 0.6 is 15.9 Å². The van der Waals surface area contributed by atoms with E-state index >= 15 is 0 Å². The molecule has 8 bridgehead atoms. The predicted molar refractivity (Wildman–Crippen MR) is 149 cm³/mol. The molecule has 8 aliphatic rings. The van der Waals surface area contributed by atoms with E-state index < -0.39 is 11.4 Å². The van der Waals surface area contributed by atoms with Crippen LogP contribution in [0, 0.1) is 27.1 Å². The van der Waals surface area contributed by atoms with Crippen molar-refractivity contribution in [2.45, 2.75) is 141 Å². The number of carbonyl (C=O) groups is 3. The van der Waals surface area contributed by atoms with Crippen LogP contribution in [0.25, 0.3) is 0 Å². The van der Waals surface area contributed by atoms with Crippen molar-refractivity contribution in [2.24, 2.45) is 27.1 Å². The molecule has 3 N–H and O–H groups in total. The van der Waals surface area contributed by atoms with Crippen molar-refractivity contribution >= 4 is 33.7 Å². The molecule has 4 unspecified atom stereocenters. The molecule has 0 aromatic rings. The molecular weight excluding hydrogens is 532 g/mol. The highest BCUT2D eigenvalue weighted by atomic mass is 79.9. The number of nitrogens with one attached hydrogen (secondary N) is 2. The molecule has 37 heavy (non-hydrogen) atoms. The van der Waals surface area contributed by atoms with Gasteiger partial charge in [0, 0.05) is 29.2 Å². The number of hydrogen-bond donors (Lipinski definition) is 3. The first-order chi connectivity index (χ1) is 16.3. The summed E-state index contributed by atoms with van der Waals surface area (Å²) >= 11 is 4.00. The van der Waals surface area contributed by atoms with Gasteiger partial charge >= 0.3 is 5.97 Å². The van der Waals surface area contributed by atoms with Crippen molar-refractivity contribution in [3.05, 3.63) is 0 Å². The van der Waals surface area contributed by atoms with Gasteiger partial charge in [-0.15, -0.1) is 0 Å². The molecule has 4 atom stereocenters. The van der Waals surface area contributed by atoms with Gasteiger partial charge in [0.25, 0.3) is 0 Å². The van der Waals surface area contributed by atoms with Gasteiger partial charge in [-0.05, 0) is 98.7 Å². The third-order valence-corrected chi connectivity index (χ3v) is 11.3. The van der Waals surface area contributed by atoms with E-state index in [9.17, 15) is 19.5 Å². The Morgan fingerprint density at radius 3 is 1.27 bits per heavy atom. The number of rotatable bonds is 3. The Morgan fingerprint density at radius 1 is 0.595 bits per heavy atom. The highest BCUT2D eigenvalue weighted by Crippen LogP contribution is 2.71. The second-order valence-electron chi connectivity index (χ2n) is 16.0. The Morgan fingerprint density at radius 2 is 0.946 bits per heavy atom. The lowest BCUT2D eigenvalue weighted by Gasteiger charge is -2.68. The minimum atomic E-state index is -0.668. The third kappa shape index (κ3) is 5.00. The smallest absolute Gasteiger partial charge is 0.309 e. The summed E-state index contributed by atoms with van der Waals surface area (Å²) in [7, 11) is 0. The van der Waals surface area contributed by atoms with E-state index in [1.165, 1.54) is 39.0 Å². The summed E-state index contributed by atoms with van der Waals surface area (Å²) in [6.07, 6.45) is 12.4. The summed E-state index contributed by atoms with van der Waals surface area (Å²) < 4.78 is 0.272. The maximum absolute atomic E-state index is 11.9. The van der Waals surface area contributed by atoms with Gasteiger partial charge in [-0.1, -0.05) is 51.1 Å². The fourth-order valence-corrected chi connectivity index (χ4v) is 14.4. The zero-order chi connectivity index (χ0) is 26.6. The molecule has 210 valence electrons. The predicted octanol–water partition coefficient (Wildman–Crippen LogP) is 6.35. The standard InChI is InChI=1S/C15H23NO3.C14H22BrNO.CH4/c1-10(17)16-15-7-12(2)4-13(3,8-15)6-14(5-12,9-15)11(18)19;1-10(17)16-14-7-11(2)4-12(3,8-14)6-13(15,5-11)9-14;/h4-9H2,1-3H3,(H,16,17)(H,18,19);4-9H2,1-3H3,(H,16,17);1H4. The van der Waals surface area contributed by atoms with Crippen LogP contribution in [0.4, 0.5) is 0 Å². The first-order valence-corrected chi connectivity index (χ1v) is 14.6. The van der Waals surface area contributed by atoms with E-state index in [1.807, 2.05) is 0 Å². The van der Waals surface area contributed by atoms with E-state index in [1.54, 1.807) is 6.92 Å². The Balaban J connectivity index is 0.000000169. The van der Waals surface area contributed by atoms with Gasteiger partial charge in [-0.25, -0.2) is 0 Å². The molecule has 0 aromatic heterocycles. The Kier molecular flexibility index (Phi) is 6.40. The van der Waals surface area contributed by atoms with Gasteiger partial charge in [0.2, 0.25) is 11.8 Å². The van der Waals surface area contributed by atoms with E-state index in [4.69, 9.17) is 0 Å². The van der Waals surface area contributed by atoms with E-state index in [-0.39, 0.29) is 45.5 Å². The molecule has 2 amide bonds. The number of carbonyl (C=O) groups excluding carboxylic acids is 2. The SMILES string of the molecule is C.CC(=O)NC12CC3(C)CC(C)(C1)CC(C(=O)O)(C3)C2.CC(=O)NC12CC3(C)CC(C)(CC(Br)(C3)C1)C2. The van der Waals surface area contributed by atoms with E-state index in [0.29, 0.717) is 17.3 Å². The molecule has 0 saturated heterocycles. The van der Waals surface area contributed by atoms with Gasteiger partial charge in [-0.3, -0.25) is 14.4 Å². The van der Waals surface area contributed by atoms with Gasteiger partial charge in [0.05, 0.1) is 5.41 Å². The Hall–Kier alpha value is -1.11. The lowest BCUT2D eigenvalue weighted by atomic mass is 9.38. The highest BCUT2D eigenvalue weighted by Gasteiger charge is 2.68. The zero-order valence-corrected chi connectivity index (χ0v) is 24.6. The molecule has 0 aromatic carbocycles. The number of carboxylic acid groups (broad SMARTS) is 1. The van der Waals surface area contributed by atoms with Crippen LogP contribution in [-0.2, 0) is 14.4 Å². The van der Waals surface area contributed by atoms with Crippen LogP contribution in [0.5, 0.6) is 0 Å². The Labute approximate surface area is 232 Å². The second-order valence-corrected chi connectivity index (χ2v) is 17.7. The van der Waals surface area contributed by atoms with Gasteiger partial charge in [-0.2, -0.15) is 0 Å². The topological polar surface area (TPSA) is 95.5 Å². The second kappa shape index (κ2) is 8.20. The molecule has 8 fully saturated rings. The highest BCUT2D eigenvalue weighted by molar-refractivity contribution is 9.10. The summed E-state index contributed by atoms with van der Waals surface area (Å²) in [5, 5.41) is 16.2. The monoisotopic (exact) mass is 580 g/mol. The lowest BCUT2D eigenvalue weighted by Crippen LogP contribution is -2.69. The maximum Gasteiger partial charge on any atom is 0.309 e. The average molecular weight is 582 g/mol. The van der Waals surface area contributed by atoms with Crippen LogP contribution in [0.3, 0.4) is 0 Å². The summed E-state index contributed by atoms with van der Waals surface area (Å²) in [6, 6.07) is 0. The summed E-state index contributed by atoms with van der Waals surface area (Å²) in [5.74, 6) is -0.566. The molecule has 7 heteroatoms. The van der Waals surface area contributed by atoms with Crippen LogP contribution < -0.4 is 10.6 Å². The quantitative estimate of drug-likeness (QED) is 0.339. The van der Waals surface area contributed by atoms with Crippen molar-refractivity contribution in [2.75, 3.05) is 0 Å². The van der Waals surface area contributed by atoms with E-state index in [2.05, 4.69) is 54.3 Å². The number of aliphatic carboxylic acids is 1. The first-order valence-electron chi connectivity index (χ1n) is 13.8. The summed E-state index contributed by atoms with van der Waals surface area (Å²) in [5.41, 5.74) is 0.0936. The minimum Gasteiger partial charge on any atom is -0.481 e. The van der Waals surface area contributed by atoms with Crippen molar-refractivity contribution in [3.63, 3.8) is 0 Å². The van der Waals surface area contributed by atoms with Gasteiger partial charge < -0.3 is 15.7 Å². The van der Waals surface area contributed by atoms with Crippen LogP contribution in [0.1, 0.15) is 126 Å². The number of alkyl halides is 1. The van der Waals surface area contributed by atoms with Crippen LogP contribution in [-0.4, -0.2) is 38.3 Å². The molecule has 8 saturated carbocycles. The molecule has 6 nitrogen and oxygen atoms in total. The molecule has 8 aliphatic carbocycles. The zero-order valence-electron chi connectivity index (χ0n) is 23.0. The van der Waals surface area contributed by atoms with Crippen molar-refractivity contribution in [3.8, 4) is 0 Å². The number of carboxylic acids is 1. The maximum atomic E-state index is 11.9. The molecular formula is C30H49BrN2O4. The minimum absolute atomic E-state index is 0. The Bertz CT molecular complexity index is 952. The largest absolute Gasteiger partial charge is 0.481 e. The normalized spacial score (nSPS) is 52.0.